The van der Waals surface area contributed by atoms with Gasteiger partial charge in [0.1, 0.15) is 11.6 Å². The number of amides is 1. The molecule has 5 heteroatoms. The van der Waals surface area contributed by atoms with Crippen molar-refractivity contribution in [3.8, 4) is 5.75 Å². The molecule has 0 heterocycles. The smallest absolute Gasteiger partial charge is 0.217 e. The first-order valence-electron chi connectivity index (χ1n) is 5.97. The number of hydrogen-bond donors (Lipinski definition) is 2. The van der Waals surface area contributed by atoms with E-state index in [1.165, 1.54) is 6.07 Å². The van der Waals surface area contributed by atoms with Crippen molar-refractivity contribution in [2.24, 2.45) is 11.5 Å². The van der Waals surface area contributed by atoms with Gasteiger partial charge in [-0.05, 0) is 25.8 Å². The third-order valence-electron chi connectivity index (χ3n) is 2.55. The van der Waals surface area contributed by atoms with Crippen molar-refractivity contribution in [2.45, 2.75) is 32.2 Å². The van der Waals surface area contributed by atoms with Crippen molar-refractivity contribution in [3.05, 3.63) is 29.6 Å². The summed E-state index contributed by atoms with van der Waals surface area (Å²) in [6, 6.07) is 4.30. The minimum Gasteiger partial charge on any atom is -0.493 e. The first-order valence-corrected chi connectivity index (χ1v) is 5.97. The molecule has 4 N–H and O–H groups in total. The van der Waals surface area contributed by atoms with Crippen LogP contribution in [0, 0.1) is 5.82 Å². The molecular weight excluding hydrogens is 235 g/mol. The van der Waals surface area contributed by atoms with Crippen molar-refractivity contribution < 1.29 is 13.9 Å². The van der Waals surface area contributed by atoms with Gasteiger partial charge in [0, 0.05) is 24.1 Å². The fourth-order valence-corrected chi connectivity index (χ4v) is 1.56. The fraction of sp³-hybridized carbons (Fsp3) is 0.462. The van der Waals surface area contributed by atoms with Crippen LogP contribution in [-0.2, 0) is 4.79 Å². The van der Waals surface area contributed by atoms with Gasteiger partial charge >= 0.3 is 0 Å². The minimum absolute atomic E-state index is 0.317. The lowest BCUT2D eigenvalue weighted by Gasteiger charge is -2.10. The van der Waals surface area contributed by atoms with Gasteiger partial charge in [-0.3, -0.25) is 4.79 Å². The maximum absolute atomic E-state index is 13.6. The molecule has 0 aromatic heterocycles. The second-order valence-electron chi connectivity index (χ2n) is 4.24. The Kier molecular flexibility index (Phi) is 5.58. The van der Waals surface area contributed by atoms with Crippen LogP contribution < -0.4 is 16.2 Å². The summed E-state index contributed by atoms with van der Waals surface area (Å²) in [7, 11) is 0. The van der Waals surface area contributed by atoms with E-state index in [1.54, 1.807) is 19.1 Å². The number of rotatable bonds is 7. The van der Waals surface area contributed by atoms with Gasteiger partial charge in [-0.1, -0.05) is 6.07 Å². The lowest BCUT2D eigenvalue weighted by atomic mass is 10.1. The van der Waals surface area contributed by atoms with Crippen LogP contribution in [0.5, 0.6) is 5.75 Å². The molecule has 1 unspecified atom stereocenters. The Bertz CT molecular complexity index is 408. The monoisotopic (exact) mass is 254 g/mol. The predicted octanol–water partition coefficient (Wildman–Crippen LogP) is 1.88. The molecule has 1 aromatic carbocycles. The minimum atomic E-state index is -0.361. The molecule has 1 rings (SSSR count). The number of nitrogens with two attached hydrogens (primary N) is 2. The van der Waals surface area contributed by atoms with Crippen molar-refractivity contribution in [3.63, 3.8) is 0 Å². The SMILES string of the molecule is CC(N)c1ccc(OCCCCC(N)=O)cc1F. The van der Waals surface area contributed by atoms with E-state index in [2.05, 4.69) is 0 Å². The molecule has 1 amide bonds. The molecule has 1 aromatic rings. The molecule has 18 heavy (non-hydrogen) atoms. The maximum atomic E-state index is 13.6. The Hall–Kier alpha value is -1.62. The molecule has 0 radical (unpaired) electrons. The number of unbranched alkanes of at least 4 members (excludes halogenated alkanes) is 1. The zero-order valence-corrected chi connectivity index (χ0v) is 10.5. The van der Waals surface area contributed by atoms with Crippen LogP contribution in [-0.4, -0.2) is 12.5 Å². The molecule has 0 saturated heterocycles. The highest BCUT2D eigenvalue weighted by molar-refractivity contribution is 5.73. The summed E-state index contributed by atoms with van der Waals surface area (Å²) in [5.74, 6) is -0.210. The highest BCUT2D eigenvalue weighted by atomic mass is 19.1. The lowest BCUT2D eigenvalue weighted by molar-refractivity contribution is -0.118. The molecule has 0 aliphatic heterocycles. The highest BCUT2D eigenvalue weighted by Gasteiger charge is 2.07. The summed E-state index contributed by atoms with van der Waals surface area (Å²) < 4.78 is 18.9. The normalized spacial score (nSPS) is 12.2. The summed E-state index contributed by atoms with van der Waals surface area (Å²) in [6.45, 7) is 2.16. The topological polar surface area (TPSA) is 78.3 Å². The van der Waals surface area contributed by atoms with Crippen LogP contribution >= 0.6 is 0 Å². The van der Waals surface area contributed by atoms with Gasteiger partial charge in [0.25, 0.3) is 0 Å². The molecule has 0 fully saturated rings. The molecular formula is C13H19FN2O2. The molecule has 0 aliphatic carbocycles. The van der Waals surface area contributed by atoms with E-state index in [1.807, 2.05) is 0 Å². The third-order valence-corrected chi connectivity index (χ3v) is 2.55. The summed E-state index contributed by atoms with van der Waals surface area (Å²) in [6.07, 6.45) is 1.73. The first-order chi connectivity index (χ1) is 8.50. The van der Waals surface area contributed by atoms with Crippen LogP contribution in [0.4, 0.5) is 4.39 Å². The van der Waals surface area contributed by atoms with Crippen LogP contribution in [0.15, 0.2) is 18.2 Å². The Balaban J connectivity index is 2.39. The Morgan fingerprint density at radius 3 is 2.72 bits per heavy atom. The molecule has 100 valence electrons. The molecule has 0 bridgehead atoms. The van der Waals surface area contributed by atoms with E-state index in [-0.39, 0.29) is 17.8 Å². The van der Waals surface area contributed by atoms with Gasteiger partial charge in [-0.25, -0.2) is 4.39 Å². The van der Waals surface area contributed by atoms with Gasteiger partial charge in [0.15, 0.2) is 0 Å². The van der Waals surface area contributed by atoms with Gasteiger partial charge < -0.3 is 16.2 Å². The summed E-state index contributed by atoms with van der Waals surface area (Å²) in [4.78, 5) is 10.5. The Labute approximate surface area is 106 Å². The van der Waals surface area contributed by atoms with Gasteiger partial charge in [0.2, 0.25) is 5.91 Å². The molecule has 0 saturated carbocycles. The Morgan fingerprint density at radius 2 is 2.17 bits per heavy atom. The number of primary amides is 1. The van der Waals surface area contributed by atoms with Crippen LogP contribution in [0.1, 0.15) is 37.8 Å². The molecule has 4 nitrogen and oxygen atoms in total. The number of carbonyl (C=O) groups is 1. The summed E-state index contributed by atoms with van der Waals surface area (Å²) in [5, 5.41) is 0. The van der Waals surface area contributed by atoms with E-state index in [4.69, 9.17) is 16.2 Å². The largest absolute Gasteiger partial charge is 0.493 e. The summed E-state index contributed by atoms with van der Waals surface area (Å²) >= 11 is 0. The zero-order chi connectivity index (χ0) is 13.5. The average Bonchev–Trinajstić information content (AvgIpc) is 2.27. The van der Waals surface area contributed by atoms with E-state index < -0.39 is 0 Å². The van der Waals surface area contributed by atoms with Crippen molar-refractivity contribution in [1.29, 1.82) is 0 Å². The van der Waals surface area contributed by atoms with Gasteiger partial charge in [-0.2, -0.15) is 0 Å². The average molecular weight is 254 g/mol. The lowest BCUT2D eigenvalue weighted by Crippen LogP contribution is -2.10. The van der Waals surface area contributed by atoms with Crippen molar-refractivity contribution >= 4 is 5.91 Å². The van der Waals surface area contributed by atoms with Crippen molar-refractivity contribution in [2.75, 3.05) is 6.61 Å². The van der Waals surface area contributed by atoms with E-state index in [0.29, 0.717) is 37.2 Å². The predicted molar refractivity (Wildman–Crippen MR) is 67.5 cm³/mol. The van der Waals surface area contributed by atoms with Gasteiger partial charge in [-0.15, -0.1) is 0 Å². The highest BCUT2D eigenvalue weighted by Crippen LogP contribution is 2.20. The second kappa shape index (κ2) is 6.96. The van der Waals surface area contributed by atoms with E-state index in [0.717, 1.165) is 0 Å². The first kappa shape index (κ1) is 14.4. The quantitative estimate of drug-likeness (QED) is 0.729. The number of benzene rings is 1. The van der Waals surface area contributed by atoms with Gasteiger partial charge in [0.05, 0.1) is 6.61 Å². The fourth-order valence-electron chi connectivity index (χ4n) is 1.56. The van der Waals surface area contributed by atoms with Crippen LogP contribution in [0.2, 0.25) is 0 Å². The van der Waals surface area contributed by atoms with E-state index in [9.17, 15) is 9.18 Å². The number of halogens is 1. The zero-order valence-electron chi connectivity index (χ0n) is 10.5. The number of ether oxygens (including phenoxy) is 1. The molecule has 0 aliphatic rings. The summed E-state index contributed by atoms with van der Waals surface area (Å²) in [5.41, 5.74) is 11.1. The van der Waals surface area contributed by atoms with Crippen LogP contribution in [0.25, 0.3) is 0 Å². The molecule has 0 spiro atoms. The Morgan fingerprint density at radius 1 is 1.44 bits per heavy atom. The van der Waals surface area contributed by atoms with Crippen LogP contribution in [0.3, 0.4) is 0 Å². The number of carbonyl (C=O) groups excluding carboxylic acids is 1. The van der Waals surface area contributed by atoms with E-state index >= 15 is 0 Å². The maximum Gasteiger partial charge on any atom is 0.217 e. The third kappa shape index (κ3) is 4.71. The molecule has 1 atom stereocenters. The standard InChI is InChI=1S/C13H19FN2O2/c1-9(15)11-6-5-10(8-12(11)14)18-7-3-2-4-13(16)17/h5-6,8-9H,2-4,7,15H2,1H3,(H2,16,17). The van der Waals surface area contributed by atoms with Crippen molar-refractivity contribution in [1.82, 2.24) is 0 Å². The number of hydrogen-bond acceptors (Lipinski definition) is 3. The second-order valence-corrected chi connectivity index (χ2v) is 4.24.